The zero-order valence-electron chi connectivity index (χ0n) is 21.7. The van der Waals surface area contributed by atoms with Crippen molar-refractivity contribution in [3.8, 4) is 0 Å². The molecule has 9 heteroatoms. The number of pyridine rings is 1. The molecule has 3 aromatic carbocycles. The molecule has 0 aliphatic carbocycles. The molecule has 5 rings (SSSR count). The highest BCUT2D eigenvalue weighted by molar-refractivity contribution is 7.99. The van der Waals surface area contributed by atoms with E-state index < -0.39 is 5.82 Å². The number of halogens is 1. The summed E-state index contributed by atoms with van der Waals surface area (Å²) in [5.41, 5.74) is 9.66. The van der Waals surface area contributed by atoms with E-state index in [0.29, 0.717) is 34.1 Å². The van der Waals surface area contributed by atoms with E-state index in [1.165, 1.54) is 35.1 Å². The van der Waals surface area contributed by atoms with Gasteiger partial charge in [0.25, 0.3) is 5.91 Å². The van der Waals surface area contributed by atoms with Crippen LogP contribution in [-0.2, 0) is 0 Å². The van der Waals surface area contributed by atoms with E-state index in [1.54, 1.807) is 31.3 Å². The number of nitrogens with zero attached hydrogens (tertiary/aromatic N) is 4. The first-order valence-electron chi connectivity index (χ1n) is 12.4. The number of hydrogen-bond donors (Lipinski definition) is 2. The van der Waals surface area contributed by atoms with Crippen LogP contribution in [0.4, 0.5) is 27.3 Å². The molecule has 2 heterocycles. The third-order valence-corrected chi connectivity index (χ3v) is 7.28. The highest BCUT2D eigenvalue weighted by Crippen LogP contribution is 2.37. The lowest BCUT2D eigenvalue weighted by Crippen LogP contribution is -2.26. The minimum absolute atomic E-state index is 0.265. The van der Waals surface area contributed by atoms with E-state index >= 15 is 0 Å². The maximum atomic E-state index is 13.8. The van der Waals surface area contributed by atoms with Crippen molar-refractivity contribution >= 4 is 51.6 Å². The van der Waals surface area contributed by atoms with Gasteiger partial charge in [-0.3, -0.25) is 4.79 Å². The first kappa shape index (κ1) is 26.1. The summed E-state index contributed by atoms with van der Waals surface area (Å²) in [7, 11) is 1.62. The number of rotatable bonds is 7. The van der Waals surface area contributed by atoms with Crippen LogP contribution in [-0.4, -0.2) is 27.9 Å². The zero-order valence-corrected chi connectivity index (χ0v) is 22.5. The van der Waals surface area contributed by atoms with E-state index in [-0.39, 0.29) is 11.8 Å². The summed E-state index contributed by atoms with van der Waals surface area (Å²) in [4.78, 5) is 30.2. The molecule has 0 saturated heterocycles. The number of nitrogen functional groups attached to an aromatic ring is 1. The van der Waals surface area contributed by atoms with Gasteiger partial charge in [0.2, 0.25) is 0 Å². The van der Waals surface area contributed by atoms with Crippen molar-refractivity contribution < 1.29 is 9.18 Å². The second-order valence-electron chi connectivity index (χ2n) is 9.34. The fourth-order valence-corrected chi connectivity index (χ4v) is 4.90. The Hall–Kier alpha value is -4.50. The molecule has 0 radical (unpaired) electrons. The fourth-order valence-electron chi connectivity index (χ4n) is 4.01. The van der Waals surface area contributed by atoms with Gasteiger partial charge in [-0.2, -0.15) is 0 Å². The Morgan fingerprint density at radius 2 is 1.79 bits per heavy atom. The molecule has 0 bridgehead atoms. The second kappa shape index (κ2) is 11.1. The van der Waals surface area contributed by atoms with E-state index in [4.69, 9.17) is 5.73 Å². The van der Waals surface area contributed by atoms with Gasteiger partial charge in [0.05, 0.1) is 11.1 Å². The molecule has 0 aliphatic heterocycles. The Bertz CT molecular complexity index is 1660. The Labute approximate surface area is 230 Å². The van der Waals surface area contributed by atoms with Crippen LogP contribution < -0.4 is 16.0 Å². The molecule has 0 spiro atoms. The molecule has 0 atom stereocenters. The molecular formula is C30H27FN6OS. The minimum atomic E-state index is -0.408. The van der Waals surface area contributed by atoms with Gasteiger partial charge < -0.3 is 16.0 Å². The van der Waals surface area contributed by atoms with Gasteiger partial charge >= 0.3 is 0 Å². The van der Waals surface area contributed by atoms with E-state index in [1.807, 2.05) is 42.5 Å². The maximum Gasteiger partial charge on any atom is 0.258 e. The molecule has 39 heavy (non-hydrogen) atoms. The van der Waals surface area contributed by atoms with E-state index in [0.717, 1.165) is 20.9 Å². The average molecular weight is 539 g/mol. The first-order chi connectivity index (χ1) is 18.8. The monoisotopic (exact) mass is 538 g/mol. The Morgan fingerprint density at radius 1 is 1.00 bits per heavy atom. The quantitative estimate of drug-likeness (QED) is 0.215. The Balaban J connectivity index is 1.54. The van der Waals surface area contributed by atoms with Crippen LogP contribution >= 0.6 is 11.8 Å². The van der Waals surface area contributed by atoms with Crippen molar-refractivity contribution in [2.75, 3.05) is 23.0 Å². The number of aromatic nitrogens is 3. The highest BCUT2D eigenvalue weighted by Gasteiger charge is 2.18. The second-order valence-corrected chi connectivity index (χ2v) is 10.5. The lowest BCUT2D eigenvalue weighted by Gasteiger charge is -2.19. The molecule has 1 amide bonds. The van der Waals surface area contributed by atoms with Crippen LogP contribution in [0.3, 0.4) is 0 Å². The number of carbonyl (C=O) groups excluding carboxylic acids is 1. The third-order valence-electron chi connectivity index (χ3n) is 6.20. The smallest absolute Gasteiger partial charge is 0.258 e. The molecule has 0 saturated carbocycles. The number of nitrogens with one attached hydrogen (secondary N) is 1. The number of amides is 1. The van der Waals surface area contributed by atoms with Crippen LogP contribution in [0.25, 0.3) is 11.0 Å². The highest BCUT2D eigenvalue weighted by atomic mass is 32.2. The van der Waals surface area contributed by atoms with Crippen LogP contribution in [0.15, 0.2) is 95.0 Å². The van der Waals surface area contributed by atoms with Crippen molar-refractivity contribution in [2.45, 2.75) is 29.6 Å². The van der Waals surface area contributed by atoms with Crippen LogP contribution in [0, 0.1) is 5.82 Å². The number of fused-ring (bicyclic) bond motifs is 1. The predicted octanol–water partition coefficient (Wildman–Crippen LogP) is 7.04. The summed E-state index contributed by atoms with van der Waals surface area (Å²) in [6.45, 7) is 4.16. The first-order valence-corrected chi connectivity index (χ1v) is 13.2. The van der Waals surface area contributed by atoms with Crippen molar-refractivity contribution in [1.29, 1.82) is 0 Å². The van der Waals surface area contributed by atoms with Gasteiger partial charge in [-0.15, -0.1) is 0 Å². The van der Waals surface area contributed by atoms with Crippen LogP contribution in [0.2, 0.25) is 0 Å². The number of hydrogen-bond acceptors (Lipinski definition) is 7. The summed E-state index contributed by atoms with van der Waals surface area (Å²) >= 11 is 1.53. The van der Waals surface area contributed by atoms with Gasteiger partial charge in [0.1, 0.15) is 18.0 Å². The maximum absolute atomic E-state index is 13.8. The molecule has 0 unspecified atom stereocenters. The average Bonchev–Trinajstić information content (AvgIpc) is 2.94. The Morgan fingerprint density at radius 3 is 2.54 bits per heavy atom. The largest absolute Gasteiger partial charge is 0.399 e. The SMILES string of the molecule is CC(C)c1ccc2c(Nc3cc(C(=O)N(C)c4cccc(F)c4)ccc3Sc3ccc(N)cc3)ncnc2n1. The predicted molar refractivity (Wildman–Crippen MR) is 155 cm³/mol. The number of benzene rings is 3. The lowest BCUT2D eigenvalue weighted by atomic mass is 10.1. The fraction of sp³-hybridized carbons (Fsp3) is 0.133. The molecule has 0 fully saturated rings. The molecular weight excluding hydrogens is 511 g/mol. The van der Waals surface area contributed by atoms with Crippen molar-refractivity contribution in [3.63, 3.8) is 0 Å². The standard InChI is InChI=1S/C30H27FN6OS/c1-18(2)25-13-12-24-28(35-25)33-17-34-29(24)36-26-15-19(30(38)37(3)22-6-4-5-20(31)16-22)7-14-27(26)39-23-10-8-21(32)9-11-23/h4-18H,32H2,1-3H3,(H,33,34,35,36). The molecule has 2 aromatic heterocycles. The number of nitrogens with two attached hydrogens (primary N) is 1. The van der Waals surface area contributed by atoms with Gasteiger partial charge in [-0.25, -0.2) is 19.3 Å². The summed E-state index contributed by atoms with van der Waals surface area (Å²) in [5.74, 6) is 0.157. The number of carbonyl (C=O) groups is 1. The van der Waals surface area contributed by atoms with Crippen molar-refractivity contribution in [3.05, 3.63) is 102 Å². The summed E-state index contributed by atoms with van der Waals surface area (Å²) in [5, 5.41) is 4.17. The Kier molecular flexibility index (Phi) is 7.42. The molecule has 3 N–H and O–H groups in total. The summed E-state index contributed by atoms with van der Waals surface area (Å²) < 4.78 is 13.8. The summed E-state index contributed by atoms with van der Waals surface area (Å²) in [6, 6.07) is 22.9. The van der Waals surface area contributed by atoms with Gasteiger partial charge in [-0.1, -0.05) is 31.7 Å². The van der Waals surface area contributed by atoms with Gasteiger partial charge in [0, 0.05) is 39.5 Å². The van der Waals surface area contributed by atoms with Crippen LogP contribution in [0.5, 0.6) is 0 Å². The molecule has 0 aliphatic rings. The van der Waals surface area contributed by atoms with Gasteiger partial charge in [-0.05, 0) is 78.7 Å². The van der Waals surface area contributed by atoms with Crippen molar-refractivity contribution in [1.82, 2.24) is 15.0 Å². The van der Waals surface area contributed by atoms with Crippen molar-refractivity contribution in [2.24, 2.45) is 0 Å². The topological polar surface area (TPSA) is 97.0 Å². The molecule has 5 aromatic rings. The van der Waals surface area contributed by atoms with Crippen LogP contribution in [0.1, 0.15) is 35.8 Å². The molecule has 7 nitrogen and oxygen atoms in total. The number of anilines is 4. The normalized spacial score (nSPS) is 11.1. The lowest BCUT2D eigenvalue weighted by molar-refractivity contribution is 0.0993. The van der Waals surface area contributed by atoms with E-state index in [2.05, 4.69) is 34.1 Å². The van der Waals surface area contributed by atoms with E-state index in [9.17, 15) is 9.18 Å². The zero-order chi connectivity index (χ0) is 27.5. The minimum Gasteiger partial charge on any atom is -0.399 e. The van der Waals surface area contributed by atoms with Gasteiger partial charge in [0.15, 0.2) is 5.65 Å². The summed E-state index contributed by atoms with van der Waals surface area (Å²) in [6.07, 6.45) is 1.47. The molecule has 196 valence electrons. The third kappa shape index (κ3) is 5.83.